The smallest absolute Gasteiger partial charge is 0.247 e. The van der Waals surface area contributed by atoms with Crippen molar-refractivity contribution < 1.29 is 43.8 Å². The van der Waals surface area contributed by atoms with Gasteiger partial charge in [0.05, 0.1) is 6.04 Å². The lowest BCUT2D eigenvalue weighted by Crippen LogP contribution is -2.67. The number of ether oxygens (including phenoxy) is 3. The van der Waals surface area contributed by atoms with E-state index in [0.29, 0.717) is 5.56 Å². The van der Waals surface area contributed by atoms with Gasteiger partial charge in [-0.3, -0.25) is 4.79 Å². The van der Waals surface area contributed by atoms with Gasteiger partial charge in [0, 0.05) is 5.57 Å². The number of fused-ring (bicyclic) bond motifs is 1. The summed E-state index contributed by atoms with van der Waals surface area (Å²) in [5, 5.41) is 43.2. The molecule has 0 aromatic heterocycles. The van der Waals surface area contributed by atoms with E-state index in [1.807, 2.05) is 0 Å². The summed E-state index contributed by atoms with van der Waals surface area (Å²) >= 11 is 0. The maximum Gasteiger partial charge on any atom is 0.247 e. The van der Waals surface area contributed by atoms with Gasteiger partial charge in [-0.05, 0) is 30.7 Å². The summed E-state index contributed by atoms with van der Waals surface area (Å²) in [5.41, 5.74) is 0.710. The van der Waals surface area contributed by atoms with Crippen LogP contribution in [0.1, 0.15) is 12.5 Å². The number of hydrogen-bond donors (Lipinski definition) is 5. The number of aromatic hydroxyl groups is 1. The largest absolute Gasteiger partial charge is 0.504 e. The third-order valence-electron chi connectivity index (χ3n) is 4.96. The lowest BCUT2D eigenvalue weighted by atomic mass is 9.83. The highest BCUT2D eigenvalue weighted by Gasteiger charge is 2.53. The number of carbonyl (C=O) groups is 1. The number of amides is 1. The number of halogens is 1. The molecule has 1 aliphatic carbocycles. The van der Waals surface area contributed by atoms with E-state index in [1.54, 1.807) is 6.07 Å². The third-order valence-corrected chi connectivity index (χ3v) is 4.96. The summed E-state index contributed by atoms with van der Waals surface area (Å²) in [5.74, 6) is -0.668. The van der Waals surface area contributed by atoms with Crippen LogP contribution in [0.25, 0.3) is 6.08 Å². The Morgan fingerprint density at radius 3 is 2.59 bits per heavy atom. The second-order valence-corrected chi connectivity index (χ2v) is 6.94. The van der Waals surface area contributed by atoms with Crippen molar-refractivity contribution in [1.82, 2.24) is 5.32 Å². The van der Waals surface area contributed by atoms with Crippen LogP contribution in [0.3, 0.4) is 0 Å². The average molecular weight is 413 g/mol. The number of phenolic OH excluding ortho intramolecular Hbond substituents is 1. The number of aliphatic hydroxyl groups excluding tert-OH is 3. The van der Waals surface area contributed by atoms with Crippen LogP contribution in [0, 0.1) is 0 Å². The fourth-order valence-corrected chi connectivity index (χ4v) is 3.43. The molecule has 1 heterocycles. The van der Waals surface area contributed by atoms with Gasteiger partial charge in [-0.15, -0.1) is 0 Å². The van der Waals surface area contributed by atoms with Crippen molar-refractivity contribution in [1.29, 1.82) is 0 Å². The highest BCUT2D eigenvalue weighted by atomic mass is 19.1. The topological polar surface area (TPSA) is 138 Å². The standard InChI is InChI=1S/C19H24FNO8/c1-9(6-10-2-3-12(11(22)7-10)27-5-4-20)19(26)21-13-14(23)16(25)18-17(15(13)24)28-8-29-18/h2-3,6-7,13-18,22-25H,4-5,8H2,1H3,(H,21,26)/b9-6+/t13-,14+,15-,16-,17+,18-/m1/s1. The quantitative estimate of drug-likeness (QED) is 0.393. The predicted molar refractivity (Wildman–Crippen MR) is 97.8 cm³/mol. The van der Waals surface area contributed by atoms with Gasteiger partial charge in [-0.1, -0.05) is 6.07 Å². The molecule has 6 atom stereocenters. The van der Waals surface area contributed by atoms with Crippen molar-refractivity contribution in [2.75, 3.05) is 20.1 Å². The van der Waals surface area contributed by atoms with E-state index in [0.717, 1.165) is 0 Å². The molecule has 0 unspecified atom stereocenters. The Morgan fingerprint density at radius 2 is 1.93 bits per heavy atom. The first-order chi connectivity index (χ1) is 13.8. The first-order valence-corrected chi connectivity index (χ1v) is 9.12. The number of alkyl halides is 1. The predicted octanol–water partition coefficient (Wildman–Crippen LogP) is -0.534. The molecule has 1 saturated carbocycles. The minimum atomic E-state index is -1.44. The maximum atomic E-state index is 12.5. The number of phenols is 1. The minimum Gasteiger partial charge on any atom is -0.504 e. The fourth-order valence-electron chi connectivity index (χ4n) is 3.43. The minimum absolute atomic E-state index is 0.121. The number of nitrogens with one attached hydrogen (secondary N) is 1. The van der Waals surface area contributed by atoms with Crippen LogP contribution < -0.4 is 10.1 Å². The molecule has 1 amide bonds. The second-order valence-electron chi connectivity index (χ2n) is 6.94. The van der Waals surface area contributed by atoms with E-state index in [1.165, 1.54) is 25.1 Å². The van der Waals surface area contributed by atoms with Gasteiger partial charge in [0.25, 0.3) is 0 Å². The molecule has 2 aliphatic rings. The first-order valence-electron chi connectivity index (χ1n) is 9.12. The molecular formula is C19H24FNO8. The highest BCUT2D eigenvalue weighted by Crippen LogP contribution is 2.30. The van der Waals surface area contributed by atoms with Gasteiger partial charge in [0.2, 0.25) is 5.91 Å². The SMILES string of the molecule is C/C(=C\c1ccc(OCCF)c(O)c1)C(=O)N[C@@H]1[C@H](O)[C@@H](O)[C@H]2OCO[C@H]2[C@@H]1O. The molecule has 0 bridgehead atoms. The molecular weight excluding hydrogens is 389 g/mol. The number of carbonyl (C=O) groups excluding carboxylic acids is 1. The van der Waals surface area contributed by atoms with Crippen LogP contribution in [0.2, 0.25) is 0 Å². The van der Waals surface area contributed by atoms with E-state index in [2.05, 4.69) is 5.32 Å². The van der Waals surface area contributed by atoms with Crippen molar-refractivity contribution >= 4 is 12.0 Å². The lowest BCUT2D eigenvalue weighted by molar-refractivity contribution is -0.155. The van der Waals surface area contributed by atoms with Crippen LogP contribution in [0.4, 0.5) is 4.39 Å². The number of rotatable bonds is 6. The molecule has 1 aliphatic heterocycles. The Bertz CT molecular complexity index is 773. The van der Waals surface area contributed by atoms with Crippen LogP contribution >= 0.6 is 0 Å². The summed E-state index contributed by atoms with van der Waals surface area (Å²) in [6, 6.07) is 3.22. The second kappa shape index (κ2) is 9.06. The molecule has 29 heavy (non-hydrogen) atoms. The van der Waals surface area contributed by atoms with Crippen molar-refractivity contribution in [2.45, 2.75) is 43.5 Å². The van der Waals surface area contributed by atoms with Crippen LogP contribution in [-0.2, 0) is 14.3 Å². The molecule has 2 fully saturated rings. The molecule has 1 aromatic carbocycles. The number of benzene rings is 1. The average Bonchev–Trinajstić information content (AvgIpc) is 3.19. The van der Waals surface area contributed by atoms with E-state index in [-0.39, 0.29) is 30.5 Å². The lowest BCUT2D eigenvalue weighted by Gasteiger charge is -2.41. The van der Waals surface area contributed by atoms with E-state index >= 15 is 0 Å². The normalized spacial score (nSPS) is 32.0. The zero-order chi connectivity index (χ0) is 21.1. The monoisotopic (exact) mass is 413 g/mol. The van der Waals surface area contributed by atoms with Crippen LogP contribution in [0.15, 0.2) is 23.8 Å². The Kier molecular flexibility index (Phi) is 6.70. The Morgan fingerprint density at radius 1 is 1.24 bits per heavy atom. The van der Waals surface area contributed by atoms with Gasteiger partial charge < -0.3 is 40.0 Å². The molecule has 1 saturated heterocycles. The summed E-state index contributed by atoms with van der Waals surface area (Å²) in [4.78, 5) is 12.5. The molecule has 9 nitrogen and oxygen atoms in total. The highest BCUT2D eigenvalue weighted by molar-refractivity contribution is 5.97. The first kappa shape index (κ1) is 21.5. The van der Waals surface area contributed by atoms with E-state index < -0.39 is 49.1 Å². The van der Waals surface area contributed by atoms with Crippen molar-refractivity contribution in [2.24, 2.45) is 0 Å². The summed E-state index contributed by atoms with van der Waals surface area (Å²) in [7, 11) is 0. The number of aliphatic hydroxyl groups is 3. The molecule has 3 rings (SSSR count). The van der Waals surface area contributed by atoms with Crippen molar-refractivity contribution in [3.63, 3.8) is 0 Å². The van der Waals surface area contributed by atoms with Gasteiger partial charge in [0.1, 0.15) is 50.6 Å². The fraction of sp³-hybridized carbons (Fsp3) is 0.526. The molecule has 1 aromatic rings. The summed E-state index contributed by atoms with van der Waals surface area (Å²) in [6.45, 7) is 0.519. The van der Waals surface area contributed by atoms with Gasteiger partial charge >= 0.3 is 0 Å². The molecule has 0 radical (unpaired) electrons. The molecule has 0 spiro atoms. The third kappa shape index (κ3) is 4.51. The zero-order valence-electron chi connectivity index (χ0n) is 15.7. The van der Waals surface area contributed by atoms with Crippen molar-refractivity contribution in [3.05, 3.63) is 29.3 Å². The zero-order valence-corrected chi connectivity index (χ0v) is 15.7. The van der Waals surface area contributed by atoms with E-state index in [9.17, 15) is 29.6 Å². The summed E-state index contributed by atoms with van der Waals surface area (Å²) < 4.78 is 27.6. The van der Waals surface area contributed by atoms with Crippen molar-refractivity contribution in [3.8, 4) is 11.5 Å². The van der Waals surface area contributed by atoms with E-state index in [4.69, 9.17) is 14.2 Å². The summed E-state index contributed by atoms with van der Waals surface area (Å²) in [6.07, 6.45) is -4.30. The Balaban J connectivity index is 1.69. The molecule has 10 heteroatoms. The van der Waals surface area contributed by atoms with Gasteiger partial charge in [-0.25, -0.2) is 4.39 Å². The van der Waals surface area contributed by atoms with Gasteiger partial charge in [0.15, 0.2) is 11.5 Å². The molecule has 160 valence electrons. The molecule has 5 N–H and O–H groups in total. The van der Waals surface area contributed by atoms with Crippen LogP contribution in [-0.4, -0.2) is 83.0 Å². The van der Waals surface area contributed by atoms with Gasteiger partial charge in [-0.2, -0.15) is 0 Å². The number of hydrogen-bond acceptors (Lipinski definition) is 8. The van der Waals surface area contributed by atoms with Crippen LogP contribution in [0.5, 0.6) is 11.5 Å². The Hall–Kier alpha value is -2.24. The maximum absolute atomic E-state index is 12.5. The Labute approximate surface area is 166 Å².